The van der Waals surface area contributed by atoms with Crippen LogP contribution >= 0.6 is 0 Å². The number of nitrogens with one attached hydrogen (secondary N) is 4. The monoisotopic (exact) mass is 921 g/mol. The lowest BCUT2D eigenvalue weighted by molar-refractivity contribution is -0.300. The molecule has 63 heavy (non-hydrogen) atoms. The summed E-state index contributed by atoms with van der Waals surface area (Å²) in [5.41, 5.74) is 0. The molecule has 3 aliphatic heterocycles. The van der Waals surface area contributed by atoms with Gasteiger partial charge in [-0.05, 0) is 19.3 Å². The second-order valence-corrected chi connectivity index (χ2v) is 14.8. The van der Waals surface area contributed by atoms with Gasteiger partial charge in [-0.3, -0.25) is 19.3 Å². The number of hydrogen-bond acceptors (Lipinski definition) is 23. The van der Waals surface area contributed by atoms with Crippen molar-refractivity contribution in [2.24, 2.45) is 0 Å². The zero-order valence-corrected chi connectivity index (χ0v) is 34.2. The van der Waals surface area contributed by atoms with Gasteiger partial charge < -0.3 is 116 Å². The normalized spacial score (nSPS) is 34.0. The maximum absolute atomic E-state index is 13.8. The van der Waals surface area contributed by atoms with E-state index in [1.807, 2.05) is 0 Å². The number of carbonyl (C=O) groups excluding carboxylic acids is 3. The van der Waals surface area contributed by atoms with Gasteiger partial charge in [0.2, 0.25) is 17.7 Å². The lowest BCUT2D eigenvalue weighted by Gasteiger charge is -2.39. The molecule has 0 bridgehead atoms. The fourth-order valence-electron chi connectivity index (χ4n) is 6.71. The van der Waals surface area contributed by atoms with Gasteiger partial charge in [0.25, 0.3) is 0 Å². The standard InChI is InChI=1S/C35H63N5O23/c41-13-17-22(46)25(49)28(52)32(61-17)58-8-5-36-20(44)11-40(12-21(45)37-6-9-59-33-29(53)26(50)23(47)18(14-42)62-33)16(3-1-2-4-39-35(56)57)31(55)38-7-10-60-34-30(54)27(51)24(48)19(15-43)63-34/h16-19,22-30,32-34,39,41-43,46-54H,1-15H2,(H,36,44)(H,37,45)(H,38,55)(H,56,57)/t16-,17-,18+,19+,22-,23+,24+,25+,26-,27-,28+,29-,30-,32+,33-,34-/m0/s1. The third-order valence-electron chi connectivity index (χ3n) is 10.3. The molecule has 17 N–H and O–H groups in total. The Bertz CT molecular complexity index is 1330. The Hall–Kier alpha value is -3.08. The van der Waals surface area contributed by atoms with Crippen LogP contribution in [-0.2, 0) is 42.8 Å². The Morgan fingerprint density at radius 2 is 0.857 bits per heavy atom. The summed E-state index contributed by atoms with van der Waals surface area (Å²) in [6, 6.07) is -1.26. The van der Waals surface area contributed by atoms with E-state index in [0.717, 1.165) is 0 Å². The minimum absolute atomic E-state index is 0.000469. The molecule has 3 heterocycles. The first-order valence-corrected chi connectivity index (χ1v) is 20.2. The second-order valence-electron chi connectivity index (χ2n) is 14.8. The maximum atomic E-state index is 13.8. The summed E-state index contributed by atoms with van der Waals surface area (Å²) in [5, 5.41) is 138. The highest BCUT2D eigenvalue weighted by Gasteiger charge is 2.46. The fourth-order valence-corrected chi connectivity index (χ4v) is 6.71. The molecule has 366 valence electrons. The number of aliphatic hydroxyl groups is 12. The Morgan fingerprint density at radius 1 is 0.492 bits per heavy atom. The van der Waals surface area contributed by atoms with E-state index in [9.17, 15) is 80.5 Å². The predicted molar refractivity (Wildman–Crippen MR) is 203 cm³/mol. The van der Waals surface area contributed by atoms with E-state index in [4.69, 9.17) is 33.5 Å². The zero-order chi connectivity index (χ0) is 46.8. The van der Waals surface area contributed by atoms with Crippen molar-refractivity contribution in [3.8, 4) is 0 Å². The molecule has 0 aliphatic carbocycles. The van der Waals surface area contributed by atoms with Crippen LogP contribution in [0.4, 0.5) is 4.79 Å². The first kappa shape index (κ1) is 54.3. The van der Waals surface area contributed by atoms with E-state index in [0.29, 0.717) is 0 Å². The minimum atomic E-state index is -1.72. The Labute approximate surface area is 360 Å². The van der Waals surface area contributed by atoms with Crippen LogP contribution in [0.5, 0.6) is 0 Å². The van der Waals surface area contributed by atoms with Crippen LogP contribution < -0.4 is 21.3 Å². The van der Waals surface area contributed by atoms with Gasteiger partial charge in [-0.15, -0.1) is 0 Å². The van der Waals surface area contributed by atoms with Gasteiger partial charge in [-0.1, -0.05) is 0 Å². The van der Waals surface area contributed by atoms with Crippen LogP contribution in [0.2, 0.25) is 0 Å². The molecule has 0 aromatic heterocycles. The van der Waals surface area contributed by atoms with E-state index < -0.39 is 155 Å². The van der Waals surface area contributed by atoms with Crippen LogP contribution in [0.25, 0.3) is 0 Å². The molecule has 3 fully saturated rings. The molecule has 3 rings (SSSR count). The lowest BCUT2D eigenvalue weighted by atomic mass is 9.99. The van der Waals surface area contributed by atoms with Gasteiger partial charge in [0.15, 0.2) is 18.9 Å². The number of amides is 4. The lowest BCUT2D eigenvalue weighted by Crippen LogP contribution is -2.59. The van der Waals surface area contributed by atoms with Crippen LogP contribution in [0.3, 0.4) is 0 Å². The Balaban J connectivity index is 1.69. The van der Waals surface area contributed by atoms with Gasteiger partial charge in [0, 0.05) is 26.2 Å². The summed E-state index contributed by atoms with van der Waals surface area (Å²) >= 11 is 0. The van der Waals surface area contributed by atoms with Gasteiger partial charge in [-0.2, -0.15) is 0 Å². The third kappa shape index (κ3) is 16.4. The average Bonchev–Trinajstić information content (AvgIpc) is 3.25. The van der Waals surface area contributed by atoms with E-state index in [1.165, 1.54) is 4.90 Å². The third-order valence-corrected chi connectivity index (χ3v) is 10.3. The molecule has 3 saturated heterocycles. The van der Waals surface area contributed by atoms with Gasteiger partial charge in [0.05, 0.1) is 58.8 Å². The Morgan fingerprint density at radius 3 is 1.21 bits per heavy atom. The highest BCUT2D eigenvalue weighted by Crippen LogP contribution is 2.24. The molecular formula is C35H63N5O23. The molecule has 0 radical (unpaired) electrons. The highest BCUT2D eigenvalue weighted by molar-refractivity contribution is 5.86. The molecule has 16 atom stereocenters. The van der Waals surface area contributed by atoms with Crippen molar-refractivity contribution in [3.63, 3.8) is 0 Å². The van der Waals surface area contributed by atoms with E-state index >= 15 is 0 Å². The number of carbonyl (C=O) groups is 4. The maximum Gasteiger partial charge on any atom is 0.404 e. The molecule has 0 spiro atoms. The van der Waals surface area contributed by atoms with Crippen molar-refractivity contribution in [2.45, 2.75) is 117 Å². The summed E-state index contributed by atoms with van der Waals surface area (Å²) in [7, 11) is 0. The van der Waals surface area contributed by atoms with Crippen molar-refractivity contribution in [1.29, 1.82) is 0 Å². The molecule has 3 aliphatic rings. The molecule has 0 aromatic rings. The number of ether oxygens (including phenoxy) is 6. The van der Waals surface area contributed by atoms with Crippen molar-refractivity contribution < 1.29 is 114 Å². The number of aliphatic hydroxyl groups excluding tert-OH is 12. The Kier molecular flexibility index (Phi) is 23.6. The smallest absolute Gasteiger partial charge is 0.404 e. The molecule has 28 heteroatoms. The van der Waals surface area contributed by atoms with Crippen LogP contribution in [0.1, 0.15) is 19.3 Å². The number of carboxylic acid groups (broad SMARTS) is 1. The van der Waals surface area contributed by atoms with Crippen molar-refractivity contribution in [2.75, 3.05) is 78.9 Å². The molecule has 0 aromatic carbocycles. The summed E-state index contributed by atoms with van der Waals surface area (Å²) in [6.07, 6.45) is -24.3. The number of hydrogen-bond donors (Lipinski definition) is 17. The quantitative estimate of drug-likeness (QED) is 0.0358. The molecule has 4 amide bonds. The summed E-state index contributed by atoms with van der Waals surface area (Å²) in [4.78, 5) is 52.5. The minimum Gasteiger partial charge on any atom is -0.465 e. The first-order valence-electron chi connectivity index (χ1n) is 20.2. The van der Waals surface area contributed by atoms with Crippen molar-refractivity contribution in [3.05, 3.63) is 0 Å². The summed E-state index contributed by atoms with van der Waals surface area (Å²) < 4.78 is 32.1. The van der Waals surface area contributed by atoms with Crippen LogP contribution in [-0.4, -0.2) is 272 Å². The highest BCUT2D eigenvalue weighted by atomic mass is 16.7. The molecular weight excluding hydrogens is 858 g/mol. The van der Waals surface area contributed by atoms with Gasteiger partial charge >= 0.3 is 6.09 Å². The molecule has 28 nitrogen and oxygen atoms in total. The number of unbranched alkanes of at least 4 members (excludes halogenated alkanes) is 1. The average molecular weight is 922 g/mol. The van der Waals surface area contributed by atoms with Crippen LogP contribution in [0.15, 0.2) is 0 Å². The fraction of sp³-hybridized carbons (Fsp3) is 0.886. The topological polar surface area (TPSA) is 438 Å². The number of nitrogens with zero attached hydrogens (tertiary/aromatic N) is 1. The number of rotatable bonds is 26. The van der Waals surface area contributed by atoms with Crippen LogP contribution in [0, 0.1) is 0 Å². The molecule has 0 unspecified atom stereocenters. The van der Waals surface area contributed by atoms with Crippen molar-refractivity contribution >= 4 is 23.8 Å². The predicted octanol–water partition coefficient (Wildman–Crippen LogP) is -10.1. The zero-order valence-electron chi connectivity index (χ0n) is 34.2. The van der Waals surface area contributed by atoms with E-state index in [1.54, 1.807) is 0 Å². The van der Waals surface area contributed by atoms with Crippen molar-refractivity contribution in [1.82, 2.24) is 26.2 Å². The summed E-state index contributed by atoms with van der Waals surface area (Å²) in [5.74, 6) is -2.24. The van der Waals surface area contributed by atoms with E-state index in [-0.39, 0.29) is 65.3 Å². The van der Waals surface area contributed by atoms with Gasteiger partial charge in [0.1, 0.15) is 73.2 Å². The SMILES string of the molecule is O=C(O)NCCCC[C@@H](C(=O)NCCO[C@H]1O[C@H](CO)[C@@H](O)[C@H](O)[C@@H]1O)N(CC(=O)NCCO[C@H]1O[C@H](CO)[C@@H](O)[C@H](O)[C@@H]1O)CC(=O)NCCO[C@@H]1O[C@@H](CO)[C@H](O)[C@@H](O)[C@H]1O. The second kappa shape index (κ2) is 27.4. The largest absolute Gasteiger partial charge is 0.465 e. The summed E-state index contributed by atoms with van der Waals surface area (Å²) in [6.45, 7) is -5.06. The molecule has 0 saturated carbocycles. The van der Waals surface area contributed by atoms with Gasteiger partial charge in [-0.25, -0.2) is 4.79 Å². The van der Waals surface area contributed by atoms with E-state index in [2.05, 4.69) is 21.3 Å². The first-order chi connectivity index (χ1) is 29.9.